The number of carbonyl (C=O) groups is 3. The molecular weight excluding hydrogens is 829 g/mol. The Balaban J connectivity index is 4.09. The zero-order chi connectivity index (χ0) is 48.6. The van der Waals surface area contributed by atoms with Gasteiger partial charge in [0.1, 0.15) is 13.2 Å². The van der Waals surface area contributed by atoms with Crippen LogP contribution in [0.25, 0.3) is 0 Å². The SMILES string of the molecule is CC/C=C\C/C=C\C/C=C\C/C=C\C/C=C\CCCCCCCCCCCCCC(=O)OCC(COC(=O)CCCCCCC)OC(=O)CCCCCCCCC/C=C\C/C=C\CCCCC. The highest BCUT2D eigenvalue weighted by molar-refractivity contribution is 5.71. The average molecular weight is 933 g/mol. The van der Waals surface area contributed by atoms with Crippen LogP contribution in [0.5, 0.6) is 0 Å². The van der Waals surface area contributed by atoms with Gasteiger partial charge in [0.05, 0.1) is 0 Å². The molecule has 0 aliphatic heterocycles. The smallest absolute Gasteiger partial charge is 0.306 e. The Hall–Kier alpha value is -3.41. The van der Waals surface area contributed by atoms with Gasteiger partial charge in [-0.25, -0.2) is 0 Å². The Morgan fingerprint density at radius 1 is 0.313 bits per heavy atom. The standard InChI is InChI=1S/C61H104O6/c1-4-7-10-13-15-17-19-21-23-25-26-27-28-29-30-31-32-33-34-36-37-39-41-43-45-48-51-54-60(63)66-57-58(56-65-59(62)53-50-47-12-9-6-3)67-61(64)55-52-49-46-44-42-40-38-35-24-22-20-18-16-14-11-8-5-2/h7,10,15-18,21-24,26-27,29-30,58H,4-6,8-9,11-14,19-20,25,28,31-57H2,1-3H3/b10-7-,17-15-,18-16-,23-21-,24-22-,27-26-,30-29-. The quantitative estimate of drug-likeness (QED) is 0.0262. The summed E-state index contributed by atoms with van der Waals surface area (Å²) in [6.45, 7) is 6.41. The third-order valence-corrected chi connectivity index (χ3v) is 11.9. The Labute approximate surface area is 414 Å². The molecule has 0 rings (SSSR count). The molecule has 0 spiro atoms. The highest BCUT2D eigenvalue weighted by atomic mass is 16.6. The van der Waals surface area contributed by atoms with Gasteiger partial charge in [0.15, 0.2) is 6.10 Å². The van der Waals surface area contributed by atoms with Crippen molar-refractivity contribution in [1.29, 1.82) is 0 Å². The molecule has 0 aromatic heterocycles. The minimum Gasteiger partial charge on any atom is -0.462 e. The first-order valence-corrected chi connectivity index (χ1v) is 28.1. The number of allylic oxidation sites excluding steroid dienone is 14. The molecule has 0 radical (unpaired) electrons. The number of rotatable bonds is 50. The number of carbonyl (C=O) groups excluding carboxylic acids is 3. The van der Waals surface area contributed by atoms with Crippen molar-refractivity contribution in [3.8, 4) is 0 Å². The lowest BCUT2D eigenvalue weighted by Crippen LogP contribution is -2.30. The molecule has 1 atom stereocenters. The summed E-state index contributed by atoms with van der Waals surface area (Å²) < 4.78 is 16.7. The zero-order valence-corrected chi connectivity index (χ0v) is 43.9. The number of hydrogen-bond donors (Lipinski definition) is 0. The monoisotopic (exact) mass is 933 g/mol. The van der Waals surface area contributed by atoms with E-state index in [0.717, 1.165) is 109 Å². The minimum atomic E-state index is -0.778. The topological polar surface area (TPSA) is 78.9 Å². The van der Waals surface area contributed by atoms with Crippen LogP contribution in [0.4, 0.5) is 0 Å². The van der Waals surface area contributed by atoms with E-state index in [9.17, 15) is 14.4 Å². The number of esters is 3. The maximum atomic E-state index is 12.8. The van der Waals surface area contributed by atoms with E-state index in [4.69, 9.17) is 14.2 Å². The highest BCUT2D eigenvalue weighted by Gasteiger charge is 2.19. The van der Waals surface area contributed by atoms with Gasteiger partial charge in [-0.15, -0.1) is 0 Å². The summed E-state index contributed by atoms with van der Waals surface area (Å²) in [5, 5.41) is 0. The first kappa shape index (κ1) is 63.6. The fraction of sp³-hybridized carbons (Fsp3) is 0.721. The highest BCUT2D eigenvalue weighted by Crippen LogP contribution is 2.15. The summed E-state index contributed by atoms with van der Waals surface area (Å²) in [4.78, 5) is 37.8. The molecule has 0 aromatic rings. The first-order chi connectivity index (χ1) is 33.0. The first-order valence-electron chi connectivity index (χ1n) is 28.1. The van der Waals surface area contributed by atoms with Gasteiger partial charge < -0.3 is 14.2 Å². The van der Waals surface area contributed by atoms with Crippen molar-refractivity contribution in [3.63, 3.8) is 0 Å². The molecule has 0 bridgehead atoms. The maximum absolute atomic E-state index is 12.8. The van der Waals surface area contributed by atoms with Gasteiger partial charge in [-0.3, -0.25) is 14.4 Å². The minimum absolute atomic E-state index is 0.0805. The normalized spacial score (nSPS) is 12.7. The molecule has 0 aromatic carbocycles. The maximum Gasteiger partial charge on any atom is 0.306 e. The molecule has 67 heavy (non-hydrogen) atoms. The summed E-state index contributed by atoms with van der Waals surface area (Å²) in [6.07, 6.45) is 71.9. The fourth-order valence-electron chi connectivity index (χ4n) is 7.68. The number of ether oxygens (including phenoxy) is 3. The molecule has 0 saturated carbocycles. The summed E-state index contributed by atoms with van der Waals surface area (Å²) in [6, 6.07) is 0. The van der Waals surface area contributed by atoms with E-state index in [1.54, 1.807) is 0 Å². The number of hydrogen-bond acceptors (Lipinski definition) is 6. The lowest BCUT2D eigenvalue weighted by Gasteiger charge is -2.18. The Morgan fingerprint density at radius 2 is 0.582 bits per heavy atom. The predicted molar refractivity (Wildman–Crippen MR) is 288 cm³/mol. The third kappa shape index (κ3) is 53.4. The molecule has 0 heterocycles. The summed E-state index contributed by atoms with van der Waals surface area (Å²) >= 11 is 0. The lowest BCUT2D eigenvalue weighted by molar-refractivity contribution is -0.167. The summed E-state index contributed by atoms with van der Waals surface area (Å²) in [5.41, 5.74) is 0. The van der Waals surface area contributed by atoms with E-state index in [2.05, 4.69) is 106 Å². The van der Waals surface area contributed by atoms with Crippen LogP contribution in [-0.2, 0) is 28.6 Å². The van der Waals surface area contributed by atoms with Crippen LogP contribution >= 0.6 is 0 Å². The third-order valence-electron chi connectivity index (χ3n) is 11.9. The zero-order valence-electron chi connectivity index (χ0n) is 43.9. The van der Waals surface area contributed by atoms with E-state index in [0.29, 0.717) is 19.3 Å². The fourth-order valence-corrected chi connectivity index (χ4v) is 7.68. The summed E-state index contributed by atoms with van der Waals surface area (Å²) in [5.74, 6) is -0.902. The lowest BCUT2D eigenvalue weighted by atomic mass is 10.0. The molecule has 0 amide bonds. The van der Waals surface area contributed by atoms with Crippen LogP contribution in [0, 0.1) is 0 Å². The van der Waals surface area contributed by atoms with Gasteiger partial charge in [-0.05, 0) is 96.3 Å². The molecule has 0 saturated heterocycles. The largest absolute Gasteiger partial charge is 0.462 e. The molecule has 0 aliphatic rings. The van der Waals surface area contributed by atoms with Crippen molar-refractivity contribution in [2.75, 3.05) is 13.2 Å². The molecular formula is C61H104O6. The molecule has 384 valence electrons. The van der Waals surface area contributed by atoms with E-state index < -0.39 is 6.10 Å². The van der Waals surface area contributed by atoms with Gasteiger partial charge in [0.2, 0.25) is 0 Å². The molecule has 1 unspecified atom stereocenters. The van der Waals surface area contributed by atoms with Crippen LogP contribution in [0.3, 0.4) is 0 Å². The van der Waals surface area contributed by atoms with Gasteiger partial charge in [0.25, 0.3) is 0 Å². The molecule has 0 fully saturated rings. The second kappa shape index (κ2) is 55.2. The van der Waals surface area contributed by atoms with Gasteiger partial charge in [-0.2, -0.15) is 0 Å². The molecule has 6 heteroatoms. The van der Waals surface area contributed by atoms with Crippen LogP contribution in [0.1, 0.15) is 265 Å². The van der Waals surface area contributed by atoms with Crippen molar-refractivity contribution in [2.45, 2.75) is 271 Å². The van der Waals surface area contributed by atoms with Crippen LogP contribution in [0.15, 0.2) is 85.1 Å². The second-order valence-electron chi connectivity index (χ2n) is 18.5. The van der Waals surface area contributed by atoms with Gasteiger partial charge in [-0.1, -0.05) is 234 Å². The Kier molecular flexibility index (Phi) is 52.4. The van der Waals surface area contributed by atoms with Crippen molar-refractivity contribution in [2.24, 2.45) is 0 Å². The van der Waals surface area contributed by atoms with Crippen molar-refractivity contribution >= 4 is 17.9 Å². The molecule has 0 N–H and O–H groups in total. The van der Waals surface area contributed by atoms with E-state index >= 15 is 0 Å². The van der Waals surface area contributed by atoms with Crippen LogP contribution < -0.4 is 0 Å². The molecule has 6 nitrogen and oxygen atoms in total. The van der Waals surface area contributed by atoms with Crippen LogP contribution in [-0.4, -0.2) is 37.2 Å². The van der Waals surface area contributed by atoms with E-state index in [-0.39, 0.29) is 31.1 Å². The van der Waals surface area contributed by atoms with Crippen molar-refractivity contribution in [3.05, 3.63) is 85.1 Å². The van der Waals surface area contributed by atoms with E-state index in [1.165, 1.54) is 116 Å². The second-order valence-corrected chi connectivity index (χ2v) is 18.5. The van der Waals surface area contributed by atoms with Crippen molar-refractivity contribution < 1.29 is 28.6 Å². The van der Waals surface area contributed by atoms with Crippen molar-refractivity contribution in [1.82, 2.24) is 0 Å². The van der Waals surface area contributed by atoms with Crippen LogP contribution in [0.2, 0.25) is 0 Å². The Bertz CT molecular complexity index is 1300. The average Bonchev–Trinajstić information content (AvgIpc) is 3.33. The predicted octanol–water partition coefficient (Wildman–Crippen LogP) is 18.8. The van der Waals surface area contributed by atoms with Gasteiger partial charge >= 0.3 is 17.9 Å². The molecule has 0 aliphatic carbocycles. The Morgan fingerprint density at radius 3 is 0.940 bits per heavy atom. The summed E-state index contributed by atoms with van der Waals surface area (Å²) in [7, 11) is 0. The van der Waals surface area contributed by atoms with Gasteiger partial charge in [0, 0.05) is 19.3 Å². The number of unbranched alkanes of at least 4 members (excludes halogenated alkanes) is 25. The van der Waals surface area contributed by atoms with E-state index in [1.807, 2.05) is 0 Å².